The van der Waals surface area contributed by atoms with Gasteiger partial charge in [0.05, 0.1) is 19.3 Å². The van der Waals surface area contributed by atoms with E-state index < -0.39 is 5.97 Å². The maximum atomic E-state index is 12.6. The van der Waals surface area contributed by atoms with E-state index in [1.54, 1.807) is 12.1 Å². The first-order valence-electron chi connectivity index (χ1n) is 7.67. The van der Waals surface area contributed by atoms with Crippen molar-refractivity contribution >= 4 is 29.2 Å². The van der Waals surface area contributed by atoms with Crippen LogP contribution in [0, 0.1) is 0 Å². The molecule has 0 aliphatic carbocycles. The van der Waals surface area contributed by atoms with E-state index in [1.165, 1.54) is 25.3 Å². The van der Waals surface area contributed by atoms with Gasteiger partial charge in [-0.25, -0.2) is 4.79 Å². The molecule has 6 nitrogen and oxygen atoms in total. The van der Waals surface area contributed by atoms with Gasteiger partial charge in [0.2, 0.25) is 0 Å². The second-order valence-corrected chi connectivity index (χ2v) is 6.00. The van der Waals surface area contributed by atoms with Crippen molar-refractivity contribution in [2.75, 3.05) is 19.0 Å². The summed E-state index contributed by atoms with van der Waals surface area (Å²) in [5.41, 5.74) is 1.69. The van der Waals surface area contributed by atoms with E-state index in [2.05, 4.69) is 5.32 Å². The molecule has 1 aliphatic rings. The molecule has 3 rings (SSSR count). The minimum atomic E-state index is -1.10. The number of hydrogen-bond acceptors (Lipinski definition) is 4. The van der Waals surface area contributed by atoms with Gasteiger partial charge in [-0.1, -0.05) is 11.6 Å². The first-order chi connectivity index (χ1) is 12.0. The van der Waals surface area contributed by atoms with E-state index >= 15 is 0 Å². The molecule has 7 heteroatoms. The summed E-state index contributed by atoms with van der Waals surface area (Å²) in [6, 6.07) is 7.70. The topological polar surface area (TPSA) is 84.9 Å². The highest BCUT2D eigenvalue weighted by Crippen LogP contribution is 2.33. The molecule has 2 aromatic rings. The Balaban J connectivity index is 1.91. The second-order valence-electron chi connectivity index (χ2n) is 5.57. The number of methoxy groups -OCH3 is 1. The fraction of sp³-hybridized carbons (Fsp3) is 0.222. The maximum Gasteiger partial charge on any atom is 0.339 e. The van der Waals surface area contributed by atoms with E-state index in [1.807, 2.05) is 0 Å². The van der Waals surface area contributed by atoms with E-state index in [9.17, 15) is 9.59 Å². The molecule has 130 valence electrons. The molecule has 0 fully saturated rings. The number of carbonyl (C=O) groups excluding carboxylic acids is 1. The Morgan fingerprint density at radius 2 is 2.04 bits per heavy atom. The summed E-state index contributed by atoms with van der Waals surface area (Å²) < 4.78 is 10.7. The molecule has 1 aliphatic heterocycles. The standard InChI is InChI=1S/C18H16ClNO5/c1-24-15-9-12(4-5-13(15)18(22)23)20-17(21)14-8-11(19)7-10-3-2-6-25-16(10)14/h4-5,7-9H,2-3,6H2,1H3,(H,20,21)(H,22,23). The van der Waals surface area contributed by atoms with E-state index in [0.717, 1.165) is 18.4 Å². The monoisotopic (exact) mass is 361 g/mol. The van der Waals surface area contributed by atoms with Crippen molar-refractivity contribution in [3.05, 3.63) is 52.0 Å². The van der Waals surface area contributed by atoms with Crippen LogP contribution in [0.15, 0.2) is 30.3 Å². The summed E-state index contributed by atoms with van der Waals surface area (Å²) in [5.74, 6) is -0.783. The Morgan fingerprint density at radius 1 is 1.24 bits per heavy atom. The van der Waals surface area contributed by atoms with Crippen molar-refractivity contribution in [1.82, 2.24) is 0 Å². The molecule has 0 saturated heterocycles. The van der Waals surface area contributed by atoms with Crippen molar-refractivity contribution < 1.29 is 24.2 Å². The third-order valence-corrected chi connectivity index (χ3v) is 4.12. The van der Waals surface area contributed by atoms with Gasteiger partial charge in [0.15, 0.2) is 0 Å². The van der Waals surface area contributed by atoms with Crippen molar-refractivity contribution in [1.29, 1.82) is 0 Å². The number of carboxylic acid groups (broad SMARTS) is 1. The molecule has 2 N–H and O–H groups in total. The van der Waals surface area contributed by atoms with Crippen LogP contribution in [-0.2, 0) is 6.42 Å². The number of nitrogens with one attached hydrogen (secondary N) is 1. The molecule has 0 radical (unpaired) electrons. The van der Waals surface area contributed by atoms with Crippen LogP contribution < -0.4 is 14.8 Å². The summed E-state index contributed by atoms with van der Waals surface area (Å²) in [5, 5.41) is 12.3. The third kappa shape index (κ3) is 3.53. The Labute approximate surface area is 149 Å². The molecule has 0 aromatic heterocycles. The molecule has 0 spiro atoms. The number of carboxylic acids is 1. The minimum absolute atomic E-state index is 0.0176. The number of ether oxygens (including phenoxy) is 2. The zero-order valence-electron chi connectivity index (χ0n) is 13.5. The number of anilines is 1. The summed E-state index contributed by atoms with van der Waals surface area (Å²) in [4.78, 5) is 23.8. The lowest BCUT2D eigenvalue weighted by atomic mass is 10.0. The Morgan fingerprint density at radius 3 is 2.76 bits per heavy atom. The van der Waals surface area contributed by atoms with Crippen LogP contribution in [-0.4, -0.2) is 30.7 Å². The van der Waals surface area contributed by atoms with Crippen LogP contribution in [0.2, 0.25) is 5.02 Å². The smallest absolute Gasteiger partial charge is 0.339 e. The maximum absolute atomic E-state index is 12.6. The summed E-state index contributed by atoms with van der Waals surface area (Å²) in [6.07, 6.45) is 1.68. The average Bonchev–Trinajstić information content (AvgIpc) is 2.60. The average molecular weight is 362 g/mol. The molecule has 0 saturated carbocycles. The number of amides is 1. The van der Waals surface area contributed by atoms with Gasteiger partial charge in [-0.15, -0.1) is 0 Å². The lowest BCUT2D eigenvalue weighted by Crippen LogP contribution is -2.18. The number of hydrogen-bond donors (Lipinski definition) is 2. The van der Waals surface area contributed by atoms with Crippen molar-refractivity contribution in [2.24, 2.45) is 0 Å². The van der Waals surface area contributed by atoms with Gasteiger partial charge in [-0.05, 0) is 42.7 Å². The van der Waals surface area contributed by atoms with Crippen LogP contribution in [0.3, 0.4) is 0 Å². The summed E-state index contributed by atoms with van der Waals surface area (Å²) in [6.45, 7) is 0.552. The van der Waals surface area contributed by atoms with Gasteiger partial charge in [0.25, 0.3) is 5.91 Å². The quantitative estimate of drug-likeness (QED) is 0.868. The predicted molar refractivity (Wildman–Crippen MR) is 93.2 cm³/mol. The highest BCUT2D eigenvalue weighted by molar-refractivity contribution is 6.31. The Bertz CT molecular complexity index is 850. The summed E-state index contributed by atoms with van der Waals surface area (Å²) in [7, 11) is 1.37. The van der Waals surface area contributed by atoms with Gasteiger partial charge < -0.3 is 19.9 Å². The number of benzene rings is 2. The SMILES string of the molecule is COc1cc(NC(=O)c2cc(Cl)cc3c2OCCC3)ccc1C(=O)O. The summed E-state index contributed by atoms with van der Waals surface area (Å²) >= 11 is 6.11. The molecule has 1 heterocycles. The van der Waals surface area contributed by atoms with Crippen LogP contribution in [0.25, 0.3) is 0 Å². The zero-order chi connectivity index (χ0) is 18.0. The lowest BCUT2D eigenvalue weighted by Gasteiger charge is -2.20. The van der Waals surface area contributed by atoms with Gasteiger partial charge in [0, 0.05) is 16.8 Å². The largest absolute Gasteiger partial charge is 0.496 e. The minimum Gasteiger partial charge on any atom is -0.496 e. The first kappa shape index (κ1) is 17.1. The molecule has 0 unspecified atom stereocenters. The van der Waals surface area contributed by atoms with E-state index in [4.69, 9.17) is 26.2 Å². The molecule has 1 amide bonds. The molecule has 0 atom stereocenters. The molecule has 2 aromatic carbocycles. The van der Waals surface area contributed by atoms with Gasteiger partial charge in [-0.3, -0.25) is 4.79 Å². The molecular formula is C18H16ClNO5. The predicted octanol–water partition coefficient (Wildman–Crippen LogP) is 3.62. The van der Waals surface area contributed by atoms with Crippen LogP contribution in [0.1, 0.15) is 32.7 Å². The normalized spacial score (nSPS) is 12.7. The highest BCUT2D eigenvalue weighted by atomic mass is 35.5. The van der Waals surface area contributed by atoms with Crippen molar-refractivity contribution in [3.63, 3.8) is 0 Å². The molecule has 0 bridgehead atoms. The zero-order valence-corrected chi connectivity index (χ0v) is 14.2. The number of halogens is 1. The van der Waals surface area contributed by atoms with Gasteiger partial charge in [-0.2, -0.15) is 0 Å². The third-order valence-electron chi connectivity index (χ3n) is 3.90. The van der Waals surface area contributed by atoms with E-state index in [-0.39, 0.29) is 17.2 Å². The second kappa shape index (κ2) is 7.03. The van der Waals surface area contributed by atoms with Gasteiger partial charge >= 0.3 is 5.97 Å². The Kier molecular flexibility index (Phi) is 4.81. The molecular weight excluding hydrogens is 346 g/mol. The van der Waals surface area contributed by atoms with Gasteiger partial charge in [0.1, 0.15) is 17.1 Å². The number of carbonyl (C=O) groups is 2. The fourth-order valence-corrected chi connectivity index (χ4v) is 3.00. The van der Waals surface area contributed by atoms with E-state index in [0.29, 0.717) is 28.6 Å². The van der Waals surface area contributed by atoms with Crippen LogP contribution in [0.5, 0.6) is 11.5 Å². The first-order valence-corrected chi connectivity index (χ1v) is 8.05. The number of aryl methyl sites for hydroxylation is 1. The lowest BCUT2D eigenvalue weighted by molar-refractivity contribution is 0.0693. The fourth-order valence-electron chi connectivity index (χ4n) is 2.76. The Hall–Kier alpha value is -2.73. The van der Waals surface area contributed by atoms with Crippen molar-refractivity contribution in [2.45, 2.75) is 12.8 Å². The number of aromatic carboxylic acids is 1. The highest BCUT2D eigenvalue weighted by Gasteiger charge is 2.21. The van der Waals surface area contributed by atoms with Crippen LogP contribution >= 0.6 is 11.6 Å². The molecule has 25 heavy (non-hydrogen) atoms. The van der Waals surface area contributed by atoms with Crippen molar-refractivity contribution in [3.8, 4) is 11.5 Å². The number of rotatable bonds is 4. The van der Waals surface area contributed by atoms with Crippen LogP contribution in [0.4, 0.5) is 5.69 Å². The number of fused-ring (bicyclic) bond motifs is 1.